The van der Waals surface area contributed by atoms with E-state index in [-0.39, 0.29) is 0 Å². The van der Waals surface area contributed by atoms with Crippen LogP contribution < -0.4 is 5.73 Å². The van der Waals surface area contributed by atoms with Crippen LogP contribution in [-0.4, -0.2) is 38.0 Å². The van der Waals surface area contributed by atoms with E-state index in [1.54, 1.807) is 6.92 Å². The van der Waals surface area contributed by atoms with Crippen LogP contribution in [0.2, 0.25) is 0 Å². The van der Waals surface area contributed by atoms with Gasteiger partial charge in [0.1, 0.15) is 6.34 Å². The van der Waals surface area contributed by atoms with Gasteiger partial charge in [-0.2, -0.15) is 0 Å². The maximum atomic E-state index is 11.0. The lowest BCUT2D eigenvalue weighted by molar-refractivity contribution is 0.470. The molecule has 0 aromatic heterocycles. The minimum absolute atomic E-state index is 0.540. The van der Waals surface area contributed by atoms with E-state index < -0.39 is 16.2 Å². The van der Waals surface area contributed by atoms with E-state index in [1.807, 2.05) is 6.92 Å². The van der Waals surface area contributed by atoms with Crippen molar-refractivity contribution in [2.24, 2.45) is 10.7 Å². The van der Waals surface area contributed by atoms with Crippen molar-refractivity contribution < 1.29 is 8.42 Å². The van der Waals surface area contributed by atoms with Crippen LogP contribution in [0.4, 0.5) is 0 Å². The Balaban J connectivity index is 4.58. The Bertz CT molecular complexity index is 246. The SMILES string of the molecule is CC/N=C\N(C(C)N)S(C)(=O)=O. The summed E-state index contributed by atoms with van der Waals surface area (Å²) in [5.74, 6) is 0. The topological polar surface area (TPSA) is 75.8 Å². The van der Waals surface area contributed by atoms with Crippen molar-refractivity contribution in [1.82, 2.24) is 4.31 Å². The highest BCUT2D eigenvalue weighted by Gasteiger charge is 2.15. The van der Waals surface area contributed by atoms with Crippen LogP contribution >= 0.6 is 0 Å². The van der Waals surface area contributed by atoms with Crippen LogP contribution in [0.25, 0.3) is 0 Å². The fourth-order valence-electron chi connectivity index (χ4n) is 0.655. The molecule has 2 N–H and O–H groups in total. The molecule has 72 valence electrons. The predicted molar refractivity (Wildman–Crippen MR) is 49.4 cm³/mol. The van der Waals surface area contributed by atoms with Crippen molar-refractivity contribution in [3.63, 3.8) is 0 Å². The number of aliphatic imine (C=N–C) groups is 1. The summed E-state index contributed by atoms with van der Waals surface area (Å²) in [6.45, 7) is 3.94. The first-order valence-corrected chi connectivity index (χ1v) is 5.48. The summed E-state index contributed by atoms with van der Waals surface area (Å²) in [7, 11) is -3.28. The fourth-order valence-corrected chi connectivity index (χ4v) is 1.50. The zero-order chi connectivity index (χ0) is 9.78. The number of hydrogen-bond donors (Lipinski definition) is 1. The van der Waals surface area contributed by atoms with Crippen molar-refractivity contribution in [3.8, 4) is 0 Å². The van der Waals surface area contributed by atoms with Gasteiger partial charge in [-0.05, 0) is 13.8 Å². The maximum Gasteiger partial charge on any atom is 0.234 e. The monoisotopic (exact) mass is 193 g/mol. The normalized spacial score (nSPS) is 15.0. The van der Waals surface area contributed by atoms with Gasteiger partial charge in [0.2, 0.25) is 10.0 Å². The maximum absolute atomic E-state index is 11.0. The molecular weight excluding hydrogens is 178 g/mol. The third-order valence-corrected chi connectivity index (χ3v) is 2.36. The highest BCUT2D eigenvalue weighted by Crippen LogP contribution is 1.96. The van der Waals surface area contributed by atoms with E-state index in [0.29, 0.717) is 6.54 Å². The van der Waals surface area contributed by atoms with Gasteiger partial charge in [-0.1, -0.05) is 0 Å². The average Bonchev–Trinajstić information content (AvgIpc) is 1.84. The zero-order valence-electron chi connectivity index (χ0n) is 7.56. The van der Waals surface area contributed by atoms with Crippen LogP contribution in [0, 0.1) is 0 Å². The Morgan fingerprint density at radius 2 is 2.17 bits per heavy atom. The Morgan fingerprint density at radius 1 is 1.67 bits per heavy atom. The van der Waals surface area contributed by atoms with Crippen LogP contribution in [0.3, 0.4) is 0 Å². The smallest absolute Gasteiger partial charge is 0.234 e. The molecule has 1 unspecified atom stereocenters. The molecular formula is C6H15N3O2S. The second-order valence-corrected chi connectivity index (χ2v) is 4.34. The molecule has 0 saturated heterocycles. The molecule has 0 aliphatic heterocycles. The van der Waals surface area contributed by atoms with Crippen molar-refractivity contribution in [3.05, 3.63) is 0 Å². The minimum atomic E-state index is -3.28. The van der Waals surface area contributed by atoms with Gasteiger partial charge >= 0.3 is 0 Å². The summed E-state index contributed by atoms with van der Waals surface area (Å²) in [6, 6.07) is 0. The summed E-state index contributed by atoms with van der Waals surface area (Å²) in [5, 5.41) is 0. The molecule has 6 heteroatoms. The van der Waals surface area contributed by atoms with E-state index in [2.05, 4.69) is 4.99 Å². The molecule has 0 bridgehead atoms. The second-order valence-electron chi connectivity index (χ2n) is 2.45. The quantitative estimate of drug-likeness (QED) is 0.375. The van der Waals surface area contributed by atoms with Gasteiger partial charge in [-0.25, -0.2) is 12.7 Å². The molecule has 0 aliphatic rings. The van der Waals surface area contributed by atoms with Gasteiger partial charge in [0.05, 0.1) is 12.4 Å². The van der Waals surface area contributed by atoms with Gasteiger partial charge in [-0.3, -0.25) is 4.99 Å². The number of sulfonamides is 1. The van der Waals surface area contributed by atoms with E-state index in [1.165, 1.54) is 6.34 Å². The summed E-state index contributed by atoms with van der Waals surface area (Å²) >= 11 is 0. The predicted octanol–water partition coefficient (Wildman–Crippen LogP) is -0.399. The van der Waals surface area contributed by atoms with Crippen molar-refractivity contribution in [1.29, 1.82) is 0 Å². The molecule has 0 amide bonds. The lowest BCUT2D eigenvalue weighted by Crippen LogP contribution is -2.42. The summed E-state index contributed by atoms with van der Waals surface area (Å²) in [5.41, 5.74) is 5.42. The van der Waals surface area contributed by atoms with Crippen LogP contribution in [-0.2, 0) is 10.0 Å². The summed E-state index contributed by atoms with van der Waals surface area (Å²) in [6.07, 6.45) is 1.77. The van der Waals surface area contributed by atoms with Crippen molar-refractivity contribution >= 4 is 16.4 Å². The van der Waals surface area contributed by atoms with Crippen LogP contribution in [0.1, 0.15) is 13.8 Å². The average molecular weight is 193 g/mol. The zero-order valence-corrected chi connectivity index (χ0v) is 8.37. The Kier molecular flexibility index (Phi) is 4.19. The molecule has 0 radical (unpaired) electrons. The second kappa shape index (κ2) is 4.42. The third kappa shape index (κ3) is 3.68. The first-order chi connectivity index (χ1) is 5.39. The van der Waals surface area contributed by atoms with Crippen LogP contribution in [0.15, 0.2) is 4.99 Å². The lowest BCUT2D eigenvalue weighted by Gasteiger charge is -2.20. The minimum Gasteiger partial charge on any atom is -0.311 e. The van der Waals surface area contributed by atoms with Gasteiger partial charge in [0.15, 0.2) is 0 Å². The van der Waals surface area contributed by atoms with E-state index in [0.717, 1.165) is 10.6 Å². The number of nitrogens with two attached hydrogens (primary N) is 1. The molecule has 0 saturated carbocycles. The molecule has 1 atom stereocenters. The van der Waals surface area contributed by atoms with Gasteiger partial charge in [0.25, 0.3) is 0 Å². The first-order valence-electron chi connectivity index (χ1n) is 3.63. The highest BCUT2D eigenvalue weighted by atomic mass is 32.2. The van der Waals surface area contributed by atoms with Crippen LogP contribution in [0.5, 0.6) is 0 Å². The van der Waals surface area contributed by atoms with Gasteiger partial charge in [0, 0.05) is 6.54 Å². The molecule has 0 rings (SSSR count). The Labute approximate surface area is 73.3 Å². The fraction of sp³-hybridized carbons (Fsp3) is 0.833. The number of nitrogens with zero attached hydrogens (tertiary/aromatic N) is 2. The number of rotatable bonds is 4. The van der Waals surface area contributed by atoms with Crippen molar-refractivity contribution in [2.45, 2.75) is 20.0 Å². The largest absolute Gasteiger partial charge is 0.311 e. The summed E-state index contributed by atoms with van der Waals surface area (Å²) in [4.78, 5) is 3.80. The van der Waals surface area contributed by atoms with E-state index in [9.17, 15) is 8.42 Å². The molecule has 0 aromatic carbocycles. The van der Waals surface area contributed by atoms with Gasteiger partial charge in [-0.15, -0.1) is 0 Å². The molecule has 0 aliphatic carbocycles. The van der Waals surface area contributed by atoms with E-state index >= 15 is 0 Å². The standard InChI is InChI=1S/C6H15N3O2S/c1-4-8-5-9(6(2)7)12(3,10)11/h5-6H,4,7H2,1-3H3/b8-5-. The Morgan fingerprint density at radius 3 is 2.42 bits per heavy atom. The Hall–Kier alpha value is -0.620. The summed E-state index contributed by atoms with van der Waals surface area (Å²) < 4.78 is 23.1. The molecule has 12 heavy (non-hydrogen) atoms. The molecule has 0 aromatic rings. The molecule has 5 nitrogen and oxygen atoms in total. The first kappa shape index (κ1) is 11.4. The number of hydrogen-bond acceptors (Lipinski definition) is 4. The molecule has 0 heterocycles. The van der Waals surface area contributed by atoms with Gasteiger partial charge < -0.3 is 5.73 Å². The molecule has 0 spiro atoms. The van der Waals surface area contributed by atoms with E-state index in [4.69, 9.17) is 5.73 Å². The lowest BCUT2D eigenvalue weighted by atomic mass is 10.6. The molecule has 0 fully saturated rings. The highest BCUT2D eigenvalue weighted by molar-refractivity contribution is 7.88. The third-order valence-electron chi connectivity index (χ3n) is 1.16. The van der Waals surface area contributed by atoms with Crippen molar-refractivity contribution in [2.75, 3.05) is 12.8 Å².